The Bertz CT molecular complexity index is 921. The topological polar surface area (TPSA) is 59.8 Å². The van der Waals surface area contributed by atoms with Gasteiger partial charge in [0.1, 0.15) is 0 Å². The van der Waals surface area contributed by atoms with Crippen LogP contribution in [0.1, 0.15) is 31.9 Å². The number of benzene rings is 1. The summed E-state index contributed by atoms with van der Waals surface area (Å²) in [5, 5.41) is 9.08. The van der Waals surface area contributed by atoms with Crippen molar-refractivity contribution < 1.29 is 4.79 Å². The van der Waals surface area contributed by atoms with Crippen LogP contribution < -0.4 is 5.32 Å². The van der Waals surface area contributed by atoms with Gasteiger partial charge in [0.2, 0.25) is 5.91 Å². The van der Waals surface area contributed by atoms with E-state index in [4.69, 9.17) is 23.2 Å². The molecule has 0 spiro atoms. The van der Waals surface area contributed by atoms with Crippen molar-refractivity contribution in [2.45, 2.75) is 32.7 Å². The number of aryl methyl sites for hydroxylation is 1. The Balaban J connectivity index is 1.66. The molecule has 2 heterocycles. The first-order valence-electron chi connectivity index (χ1n) is 8.01. The maximum absolute atomic E-state index is 12.2. The van der Waals surface area contributed by atoms with Gasteiger partial charge in [-0.05, 0) is 38.0 Å². The number of hydrogen-bond acceptors (Lipinski definition) is 3. The van der Waals surface area contributed by atoms with Gasteiger partial charge in [0.15, 0.2) is 5.65 Å². The van der Waals surface area contributed by atoms with Crippen molar-refractivity contribution >= 4 is 45.8 Å². The number of carbonyl (C=O) groups is 1. The molecule has 0 saturated heterocycles. The summed E-state index contributed by atoms with van der Waals surface area (Å²) < 4.78 is 1.85. The number of rotatable bonds is 5. The van der Waals surface area contributed by atoms with Crippen LogP contribution in [0.4, 0.5) is 5.69 Å². The van der Waals surface area contributed by atoms with E-state index in [1.807, 2.05) is 36.7 Å². The molecule has 0 fully saturated rings. The van der Waals surface area contributed by atoms with E-state index in [0.29, 0.717) is 28.6 Å². The number of nitrogens with one attached hydrogen (secondary N) is 1. The van der Waals surface area contributed by atoms with Gasteiger partial charge in [-0.2, -0.15) is 5.10 Å². The van der Waals surface area contributed by atoms with Crippen LogP contribution in [0.3, 0.4) is 0 Å². The van der Waals surface area contributed by atoms with E-state index in [1.54, 1.807) is 18.5 Å². The van der Waals surface area contributed by atoms with Crippen LogP contribution in [-0.2, 0) is 11.2 Å². The molecule has 1 aromatic carbocycles. The van der Waals surface area contributed by atoms with E-state index in [1.165, 1.54) is 0 Å². The standard InChI is InChI=1S/C18H18Cl2N4O/c1-11(2)24-18-13(9-22-24)8-14(10-21-18)23-16(25)7-6-12-4-3-5-15(19)17(12)20/h3-5,8-11H,6-7H2,1-2H3,(H,23,25). The Labute approximate surface area is 156 Å². The Morgan fingerprint density at radius 1 is 1.28 bits per heavy atom. The molecular weight excluding hydrogens is 359 g/mol. The highest BCUT2D eigenvalue weighted by Gasteiger charge is 2.11. The molecule has 0 aliphatic carbocycles. The number of halogens is 2. The highest BCUT2D eigenvalue weighted by Crippen LogP contribution is 2.26. The van der Waals surface area contributed by atoms with Crippen molar-refractivity contribution in [1.29, 1.82) is 0 Å². The number of amides is 1. The second kappa shape index (κ2) is 7.42. The zero-order valence-electron chi connectivity index (χ0n) is 14.0. The fourth-order valence-corrected chi connectivity index (χ4v) is 3.01. The van der Waals surface area contributed by atoms with Crippen LogP contribution in [0.15, 0.2) is 36.7 Å². The molecule has 0 bridgehead atoms. The van der Waals surface area contributed by atoms with Crippen molar-refractivity contribution in [3.63, 3.8) is 0 Å². The quantitative estimate of drug-likeness (QED) is 0.689. The molecule has 1 N–H and O–H groups in total. The lowest BCUT2D eigenvalue weighted by atomic mass is 10.1. The van der Waals surface area contributed by atoms with Gasteiger partial charge in [0, 0.05) is 17.8 Å². The van der Waals surface area contributed by atoms with E-state index >= 15 is 0 Å². The third-order valence-electron chi connectivity index (χ3n) is 3.86. The van der Waals surface area contributed by atoms with Gasteiger partial charge in [-0.15, -0.1) is 0 Å². The molecule has 7 heteroatoms. The number of fused-ring (bicyclic) bond motifs is 1. The number of pyridine rings is 1. The smallest absolute Gasteiger partial charge is 0.224 e. The summed E-state index contributed by atoms with van der Waals surface area (Å²) in [5.41, 5.74) is 2.31. The number of aromatic nitrogens is 3. The zero-order chi connectivity index (χ0) is 18.0. The van der Waals surface area contributed by atoms with Crippen LogP contribution in [0.5, 0.6) is 0 Å². The SMILES string of the molecule is CC(C)n1ncc2cc(NC(=O)CCc3cccc(Cl)c3Cl)cnc21. The second-order valence-corrected chi connectivity index (χ2v) is 6.87. The molecule has 3 aromatic rings. The number of anilines is 1. The highest BCUT2D eigenvalue weighted by atomic mass is 35.5. The monoisotopic (exact) mass is 376 g/mol. The van der Waals surface area contributed by atoms with Gasteiger partial charge < -0.3 is 5.32 Å². The molecule has 0 saturated carbocycles. The van der Waals surface area contributed by atoms with Gasteiger partial charge >= 0.3 is 0 Å². The van der Waals surface area contributed by atoms with Crippen molar-refractivity contribution in [3.8, 4) is 0 Å². The Morgan fingerprint density at radius 2 is 2.08 bits per heavy atom. The maximum atomic E-state index is 12.2. The van der Waals surface area contributed by atoms with Gasteiger partial charge in [0.05, 0.1) is 28.1 Å². The molecule has 0 unspecified atom stereocenters. The van der Waals surface area contributed by atoms with Crippen LogP contribution in [-0.4, -0.2) is 20.7 Å². The molecule has 3 rings (SSSR count). The minimum absolute atomic E-state index is 0.103. The molecule has 0 radical (unpaired) electrons. The van der Waals surface area contributed by atoms with Crippen LogP contribution in [0.25, 0.3) is 11.0 Å². The minimum Gasteiger partial charge on any atom is -0.325 e. The summed E-state index contributed by atoms with van der Waals surface area (Å²) in [6, 6.07) is 7.53. The van der Waals surface area contributed by atoms with E-state index in [9.17, 15) is 4.79 Å². The summed E-state index contributed by atoms with van der Waals surface area (Å²) in [7, 11) is 0. The fourth-order valence-electron chi connectivity index (χ4n) is 2.60. The molecule has 5 nitrogen and oxygen atoms in total. The highest BCUT2D eigenvalue weighted by molar-refractivity contribution is 6.42. The third-order valence-corrected chi connectivity index (χ3v) is 4.72. The Kier molecular flexibility index (Phi) is 5.25. The lowest BCUT2D eigenvalue weighted by Gasteiger charge is -2.08. The average Bonchev–Trinajstić information content (AvgIpc) is 2.99. The summed E-state index contributed by atoms with van der Waals surface area (Å²) in [6.45, 7) is 4.09. The van der Waals surface area contributed by atoms with E-state index < -0.39 is 0 Å². The summed E-state index contributed by atoms with van der Waals surface area (Å²) >= 11 is 12.1. The van der Waals surface area contributed by atoms with Crippen LogP contribution >= 0.6 is 23.2 Å². The maximum Gasteiger partial charge on any atom is 0.224 e. The van der Waals surface area contributed by atoms with E-state index in [-0.39, 0.29) is 11.9 Å². The lowest BCUT2D eigenvalue weighted by Crippen LogP contribution is -2.12. The first kappa shape index (κ1) is 17.7. The van der Waals surface area contributed by atoms with Gasteiger partial charge in [-0.3, -0.25) is 4.79 Å². The van der Waals surface area contributed by atoms with Crippen molar-refractivity contribution in [2.24, 2.45) is 0 Å². The first-order valence-corrected chi connectivity index (χ1v) is 8.77. The van der Waals surface area contributed by atoms with Crippen molar-refractivity contribution in [3.05, 3.63) is 52.3 Å². The molecule has 0 aliphatic rings. The third kappa shape index (κ3) is 3.94. The predicted octanol–water partition coefficient (Wildman–Crippen LogP) is 4.89. The molecular formula is C18H18Cl2N4O. The average molecular weight is 377 g/mol. The van der Waals surface area contributed by atoms with Gasteiger partial charge in [-0.25, -0.2) is 9.67 Å². The van der Waals surface area contributed by atoms with Crippen LogP contribution in [0, 0.1) is 0 Å². The number of carbonyl (C=O) groups excluding carboxylic acids is 1. The summed E-state index contributed by atoms with van der Waals surface area (Å²) in [4.78, 5) is 16.6. The van der Waals surface area contributed by atoms with Crippen LogP contribution in [0.2, 0.25) is 10.0 Å². The van der Waals surface area contributed by atoms with Crippen molar-refractivity contribution in [1.82, 2.24) is 14.8 Å². The van der Waals surface area contributed by atoms with E-state index in [2.05, 4.69) is 15.4 Å². The number of nitrogens with zero attached hydrogens (tertiary/aromatic N) is 3. The molecule has 25 heavy (non-hydrogen) atoms. The molecule has 1 amide bonds. The Hall–Kier alpha value is -2.11. The zero-order valence-corrected chi connectivity index (χ0v) is 15.5. The van der Waals surface area contributed by atoms with Crippen molar-refractivity contribution in [2.75, 3.05) is 5.32 Å². The summed E-state index contributed by atoms with van der Waals surface area (Å²) in [5.74, 6) is -0.103. The first-order chi connectivity index (χ1) is 12.0. The Morgan fingerprint density at radius 3 is 2.84 bits per heavy atom. The molecule has 0 aliphatic heterocycles. The fraction of sp³-hybridized carbons (Fsp3) is 0.278. The van der Waals surface area contributed by atoms with Gasteiger partial charge in [-0.1, -0.05) is 35.3 Å². The normalized spacial score (nSPS) is 11.2. The predicted molar refractivity (Wildman–Crippen MR) is 101 cm³/mol. The summed E-state index contributed by atoms with van der Waals surface area (Å²) in [6.07, 6.45) is 4.23. The lowest BCUT2D eigenvalue weighted by molar-refractivity contribution is -0.116. The van der Waals surface area contributed by atoms with E-state index in [0.717, 1.165) is 16.6 Å². The number of hydrogen-bond donors (Lipinski definition) is 1. The molecule has 2 aromatic heterocycles. The molecule has 0 atom stereocenters. The largest absolute Gasteiger partial charge is 0.325 e. The minimum atomic E-state index is -0.103. The molecule has 130 valence electrons. The van der Waals surface area contributed by atoms with Gasteiger partial charge in [0.25, 0.3) is 0 Å². The second-order valence-electron chi connectivity index (χ2n) is 6.08.